The van der Waals surface area contributed by atoms with Crippen LogP contribution in [-0.4, -0.2) is 6.03 Å². The minimum absolute atomic E-state index is 0.218. The third-order valence-electron chi connectivity index (χ3n) is 2.41. The molecule has 1 rings (SSSR count). The molecule has 0 radical (unpaired) electrons. The van der Waals surface area contributed by atoms with Crippen LogP contribution in [0.25, 0.3) is 0 Å². The number of rotatable bonds is 5. The molecule has 0 aromatic heterocycles. The number of hydrogen-bond donors (Lipinski definition) is 2. The van der Waals surface area contributed by atoms with Crippen molar-refractivity contribution in [2.24, 2.45) is 0 Å². The monoisotopic (exact) mass is 232 g/mol. The maximum Gasteiger partial charge on any atom is 0.323 e. The third kappa shape index (κ3) is 5.20. The van der Waals surface area contributed by atoms with Crippen LogP contribution in [0.3, 0.4) is 0 Å². The number of allylic oxidation sites excluding steroid dienone is 1. The number of hydrogen-bond acceptors (Lipinski definition) is 1. The second-order valence-corrected chi connectivity index (χ2v) is 3.90. The van der Waals surface area contributed by atoms with Crippen LogP contribution in [-0.2, 0) is 6.42 Å². The molecule has 0 spiro atoms. The van der Waals surface area contributed by atoms with E-state index in [9.17, 15) is 4.79 Å². The highest BCUT2D eigenvalue weighted by molar-refractivity contribution is 5.89. The average Bonchev–Trinajstić information content (AvgIpc) is 2.35. The molecule has 17 heavy (non-hydrogen) atoms. The first-order valence-corrected chi connectivity index (χ1v) is 6.04. The van der Waals surface area contributed by atoms with Crippen LogP contribution >= 0.6 is 0 Å². The van der Waals surface area contributed by atoms with E-state index in [1.807, 2.05) is 19.1 Å². The van der Waals surface area contributed by atoms with Gasteiger partial charge in [-0.2, -0.15) is 0 Å². The second-order valence-electron chi connectivity index (χ2n) is 3.90. The fourth-order valence-electron chi connectivity index (χ4n) is 1.46. The summed E-state index contributed by atoms with van der Waals surface area (Å²) in [5.74, 6) is 0. The van der Waals surface area contributed by atoms with Crippen LogP contribution in [0.5, 0.6) is 0 Å². The van der Waals surface area contributed by atoms with E-state index in [-0.39, 0.29) is 6.03 Å². The van der Waals surface area contributed by atoms with Crippen LogP contribution in [0, 0.1) is 0 Å². The Hall–Kier alpha value is -1.77. The van der Waals surface area contributed by atoms with Crippen molar-refractivity contribution in [3.63, 3.8) is 0 Å². The Labute approximate surface area is 103 Å². The molecule has 0 saturated carbocycles. The van der Waals surface area contributed by atoms with Gasteiger partial charge in [0.25, 0.3) is 0 Å². The highest BCUT2D eigenvalue weighted by Crippen LogP contribution is 2.11. The largest absolute Gasteiger partial charge is 0.323 e. The summed E-state index contributed by atoms with van der Waals surface area (Å²) in [6.07, 6.45) is 6.88. The van der Waals surface area contributed by atoms with E-state index in [0.717, 1.165) is 12.1 Å². The number of unbranched alkanes of at least 4 members (excludes halogenated alkanes) is 1. The van der Waals surface area contributed by atoms with Crippen molar-refractivity contribution in [2.45, 2.75) is 33.1 Å². The Morgan fingerprint density at radius 3 is 2.59 bits per heavy atom. The Bertz CT molecular complexity index is 368. The molecule has 0 bridgehead atoms. The molecule has 0 aliphatic rings. The predicted octanol–water partition coefficient (Wildman–Crippen LogP) is 3.68. The van der Waals surface area contributed by atoms with Gasteiger partial charge in [0.15, 0.2) is 0 Å². The molecule has 1 aromatic rings. The van der Waals surface area contributed by atoms with Crippen molar-refractivity contribution in [2.75, 3.05) is 5.32 Å². The molecule has 3 nitrogen and oxygen atoms in total. The van der Waals surface area contributed by atoms with Crippen LogP contribution in [0.1, 0.15) is 32.3 Å². The summed E-state index contributed by atoms with van der Waals surface area (Å²) in [5, 5.41) is 5.36. The minimum atomic E-state index is -0.218. The van der Waals surface area contributed by atoms with Gasteiger partial charge in [0.2, 0.25) is 0 Å². The van der Waals surface area contributed by atoms with E-state index >= 15 is 0 Å². The summed E-state index contributed by atoms with van der Waals surface area (Å²) >= 11 is 0. The summed E-state index contributed by atoms with van der Waals surface area (Å²) in [4.78, 5) is 11.4. The number of carbonyl (C=O) groups excluding carboxylic acids is 1. The fourth-order valence-corrected chi connectivity index (χ4v) is 1.46. The normalized spacial score (nSPS) is 10.5. The van der Waals surface area contributed by atoms with Gasteiger partial charge < -0.3 is 10.6 Å². The first kappa shape index (κ1) is 13.3. The van der Waals surface area contributed by atoms with Crippen LogP contribution in [0.15, 0.2) is 36.5 Å². The summed E-state index contributed by atoms with van der Waals surface area (Å²) in [5.41, 5.74) is 2.12. The lowest BCUT2D eigenvalue weighted by Crippen LogP contribution is -2.23. The summed E-state index contributed by atoms with van der Waals surface area (Å²) in [7, 11) is 0. The van der Waals surface area contributed by atoms with Gasteiger partial charge >= 0.3 is 6.03 Å². The zero-order valence-electron chi connectivity index (χ0n) is 10.5. The number of amides is 2. The van der Waals surface area contributed by atoms with E-state index in [4.69, 9.17) is 0 Å². The van der Waals surface area contributed by atoms with Gasteiger partial charge in [-0.3, -0.25) is 0 Å². The second kappa shape index (κ2) is 7.49. The molecule has 1 aromatic carbocycles. The van der Waals surface area contributed by atoms with Gasteiger partial charge in [-0.15, -0.1) is 0 Å². The van der Waals surface area contributed by atoms with Crippen LogP contribution < -0.4 is 10.6 Å². The standard InChI is InChI=1S/C14H20N2O/c1-3-5-6-12-7-9-13(10-8-12)16-14(17)15-11-4-2/h4,7-11H,3,5-6H2,1-2H3,(H2,15,16,17)/b11-4+. The fraction of sp³-hybridized carbons (Fsp3) is 0.357. The minimum Gasteiger partial charge on any atom is -0.315 e. The van der Waals surface area contributed by atoms with E-state index in [1.165, 1.54) is 18.4 Å². The highest BCUT2D eigenvalue weighted by atomic mass is 16.2. The first-order chi connectivity index (χ1) is 8.26. The Morgan fingerprint density at radius 1 is 1.29 bits per heavy atom. The smallest absolute Gasteiger partial charge is 0.315 e. The van der Waals surface area contributed by atoms with Crippen molar-refractivity contribution < 1.29 is 4.79 Å². The Morgan fingerprint density at radius 2 is 2.00 bits per heavy atom. The van der Waals surface area contributed by atoms with E-state index in [0.29, 0.717) is 0 Å². The molecule has 92 valence electrons. The molecule has 2 amide bonds. The van der Waals surface area contributed by atoms with Gasteiger partial charge in [-0.05, 0) is 37.5 Å². The molecule has 0 saturated heterocycles. The highest BCUT2D eigenvalue weighted by Gasteiger charge is 1.99. The van der Waals surface area contributed by atoms with Gasteiger partial charge in [0, 0.05) is 11.9 Å². The van der Waals surface area contributed by atoms with Gasteiger partial charge in [0.1, 0.15) is 0 Å². The molecule has 0 heterocycles. The number of aryl methyl sites for hydroxylation is 1. The summed E-state index contributed by atoms with van der Waals surface area (Å²) in [6, 6.07) is 7.76. The Balaban J connectivity index is 2.47. The summed E-state index contributed by atoms with van der Waals surface area (Å²) in [6.45, 7) is 4.03. The third-order valence-corrected chi connectivity index (χ3v) is 2.41. The van der Waals surface area contributed by atoms with E-state index in [2.05, 4.69) is 29.7 Å². The topological polar surface area (TPSA) is 41.1 Å². The summed E-state index contributed by atoms with van der Waals surface area (Å²) < 4.78 is 0. The lowest BCUT2D eigenvalue weighted by Gasteiger charge is -2.05. The molecule has 0 unspecified atom stereocenters. The van der Waals surface area contributed by atoms with Crippen molar-refractivity contribution in [3.05, 3.63) is 42.1 Å². The van der Waals surface area contributed by atoms with Crippen molar-refractivity contribution in [3.8, 4) is 0 Å². The maximum atomic E-state index is 11.4. The molecule has 0 atom stereocenters. The predicted molar refractivity (Wildman–Crippen MR) is 72.0 cm³/mol. The quantitative estimate of drug-likeness (QED) is 0.798. The molecular formula is C14H20N2O. The average molecular weight is 232 g/mol. The molecule has 0 aliphatic carbocycles. The van der Waals surface area contributed by atoms with Crippen molar-refractivity contribution >= 4 is 11.7 Å². The number of carbonyl (C=O) groups is 1. The first-order valence-electron chi connectivity index (χ1n) is 6.04. The SMILES string of the molecule is C/C=C/NC(=O)Nc1ccc(CCCC)cc1. The number of benzene rings is 1. The number of anilines is 1. The van der Waals surface area contributed by atoms with Crippen molar-refractivity contribution in [1.29, 1.82) is 0 Å². The van der Waals surface area contributed by atoms with Crippen LogP contribution in [0.2, 0.25) is 0 Å². The number of urea groups is 1. The van der Waals surface area contributed by atoms with Gasteiger partial charge in [-0.25, -0.2) is 4.79 Å². The number of nitrogens with one attached hydrogen (secondary N) is 2. The zero-order chi connectivity index (χ0) is 12.5. The molecule has 0 aliphatic heterocycles. The molecule has 0 fully saturated rings. The lowest BCUT2D eigenvalue weighted by atomic mass is 10.1. The zero-order valence-corrected chi connectivity index (χ0v) is 10.5. The van der Waals surface area contributed by atoms with Crippen LogP contribution in [0.4, 0.5) is 10.5 Å². The van der Waals surface area contributed by atoms with E-state index < -0.39 is 0 Å². The van der Waals surface area contributed by atoms with Gasteiger partial charge in [0.05, 0.1) is 0 Å². The molecule has 2 N–H and O–H groups in total. The molecule has 3 heteroatoms. The maximum absolute atomic E-state index is 11.4. The van der Waals surface area contributed by atoms with Gasteiger partial charge in [-0.1, -0.05) is 31.6 Å². The van der Waals surface area contributed by atoms with E-state index in [1.54, 1.807) is 12.3 Å². The Kier molecular flexibility index (Phi) is 5.86. The van der Waals surface area contributed by atoms with Crippen molar-refractivity contribution in [1.82, 2.24) is 5.32 Å². The molecular weight excluding hydrogens is 212 g/mol. The lowest BCUT2D eigenvalue weighted by molar-refractivity contribution is 0.255.